The summed E-state index contributed by atoms with van der Waals surface area (Å²) in [7, 11) is 0. The molecule has 0 saturated heterocycles. The Morgan fingerprint density at radius 3 is 2.83 bits per heavy atom. The third-order valence-electron chi connectivity index (χ3n) is 5.37. The van der Waals surface area contributed by atoms with E-state index in [0.717, 1.165) is 29.9 Å². The van der Waals surface area contributed by atoms with Gasteiger partial charge in [0.1, 0.15) is 11.5 Å². The molecule has 1 aromatic carbocycles. The molecule has 4 rings (SSSR count). The molecule has 0 spiro atoms. The molecule has 1 aliphatic carbocycles. The van der Waals surface area contributed by atoms with Crippen LogP contribution in [0.4, 0.5) is 0 Å². The number of hydrogen-bond acceptors (Lipinski definition) is 5. The summed E-state index contributed by atoms with van der Waals surface area (Å²) < 4.78 is 0. The van der Waals surface area contributed by atoms with Crippen molar-refractivity contribution in [1.82, 2.24) is 25.3 Å². The van der Waals surface area contributed by atoms with Crippen LogP contribution >= 0.6 is 0 Å². The number of aryl methyl sites for hydroxylation is 3. The zero-order chi connectivity index (χ0) is 20.2. The zero-order valence-corrected chi connectivity index (χ0v) is 16.6. The van der Waals surface area contributed by atoms with E-state index in [0.29, 0.717) is 30.6 Å². The van der Waals surface area contributed by atoms with Gasteiger partial charge in [-0.15, -0.1) is 0 Å². The van der Waals surface area contributed by atoms with Gasteiger partial charge in [-0.3, -0.25) is 9.59 Å². The lowest BCUT2D eigenvalue weighted by atomic mass is 9.95. The molecule has 0 aliphatic heterocycles. The number of rotatable bonds is 6. The van der Waals surface area contributed by atoms with E-state index in [2.05, 4.69) is 25.3 Å². The van der Waals surface area contributed by atoms with E-state index in [1.807, 2.05) is 31.2 Å². The monoisotopic (exact) mass is 391 g/mol. The SMILES string of the molecule is Cc1nc(CCNC(=O)CCc2nc3ccccc3[nH]c2=O)nc2c1CCCC2. The lowest BCUT2D eigenvalue weighted by molar-refractivity contribution is -0.121. The van der Waals surface area contributed by atoms with Crippen LogP contribution in [0.25, 0.3) is 11.0 Å². The summed E-state index contributed by atoms with van der Waals surface area (Å²) in [5.41, 5.74) is 5.11. The Labute approximate surface area is 169 Å². The summed E-state index contributed by atoms with van der Waals surface area (Å²) in [4.78, 5) is 40.8. The summed E-state index contributed by atoms with van der Waals surface area (Å²) in [5.74, 6) is 0.685. The minimum Gasteiger partial charge on any atom is -0.356 e. The van der Waals surface area contributed by atoms with Crippen molar-refractivity contribution in [1.29, 1.82) is 0 Å². The Morgan fingerprint density at radius 2 is 1.93 bits per heavy atom. The maximum Gasteiger partial charge on any atom is 0.270 e. The molecule has 150 valence electrons. The highest BCUT2D eigenvalue weighted by Crippen LogP contribution is 2.21. The second-order valence-corrected chi connectivity index (χ2v) is 7.49. The van der Waals surface area contributed by atoms with Crippen molar-refractivity contribution in [2.75, 3.05) is 6.54 Å². The first-order valence-electron chi connectivity index (χ1n) is 10.2. The van der Waals surface area contributed by atoms with Crippen molar-refractivity contribution in [3.8, 4) is 0 Å². The molecule has 0 radical (unpaired) electrons. The van der Waals surface area contributed by atoms with Crippen LogP contribution in [0.15, 0.2) is 29.1 Å². The first-order valence-corrected chi connectivity index (χ1v) is 10.2. The van der Waals surface area contributed by atoms with Crippen LogP contribution in [0.3, 0.4) is 0 Å². The Kier molecular flexibility index (Phi) is 5.64. The fourth-order valence-corrected chi connectivity index (χ4v) is 3.83. The van der Waals surface area contributed by atoms with E-state index in [1.54, 1.807) is 0 Å². The Hall–Kier alpha value is -3.09. The first kappa shape index (κ1) is 19.2. The number of hydrogen-bond donors (Lipinski definition) is 2. The number of aromatic amines is 1. The predicted molar refractivity (Wildman–Crippen MR) is 111 cm³/mol. The van der Waals surface area contributed by atoms with Gasteiger partial charge in [0.25, 0.3) is 5.56 Å². The number of nitrogens with one attached hydrogen (secondary N) is 2. The molecule has 2 heterocycles. The maximum absolute atomic E-state index is 12.2. The van der Waals surface area contributed by atoms with Gasteiger partial charge in [0.15, 0.2) is 0 Å². The van der Waals surface area contributed by atoms with Gasteiger partial charge < -0.3 is 10.3 Å². The number of benzene rings is 1. The van der Waals surface area contributed by atoms with Crippen LogP contribution < -0.4 is 10.9 Å². The number of carbonyl (C=O) groups is 1. The predicted octanol–water partition coefficient (Wildman–Crippen LogP) is 2.19. The molecule has 0 fully saturated rings. The molecular weight excluding hydrogens is 366 g/mol. The number of fused-ring (bicyclic) bond motifs is 2. The minimum atomic E-state index is -0.241. The lowest BCUT2D eigenvalue weighted by Crippen LogP contribution is -2.27. The molecular formula is C22H25N5O2. The second-order valence-electron chi connectivity index (χ2n) is 7.49. The van der Waals surface area contributed by atoms with Crippen molar-refractivity contribution in [2.45, 2.75) is 51.9 Å². The molecule has 2 N–H and O–H groups in total. The van der Waals surface area contributed by atoms with E-state index in [9.17, 15) is 9.59 Å². The molecule has 0 unspecified atom stereocenters. The topological polar surface area (TPSA) is 101 Å². The van der Waals surface area contributed by atoms with Gasteiger partial charge in [0.2, 0.25) is 5.91 Å². The molecule has 3 aromatic rings. The van der Waals surface area contributed by atoms with E-state index in [4.69, 9.17) is 0 Å². The molecule has 0 saturated carbocycles. The first-order chi connectivity index (χ1) is 14.1. The third-order valence-corrected chi connectivity index (χ3v) is 5.37. The van der Waals surface area contributed by atoms with Gasteiger partial charge in [-0.1, -0.05) is 12.1 Å². The van der Waals surface area contributed by atoms with Gasteiger partial charge in [0.05, 0.1) is 11.0 Å². The number of H-pyrrole nitrogens is 1. The van der Waals surface area contributed by atoms with Crippen LogP contribution in [-0.2, 0) is 30.5 Å². The fourth-order valence-electron chi connectivity index (χ4n) is 3.83. The summed E-state index contributed by atoms with van der Waals surface area (Å²) in [5, 5.41) is 2.90. The summed E-state index contributed by atoms with van der Waals surface area (Å²) in [6.07, 6.45) is 5.61. The second kappa shape index (κ2) is 8.51. The molecule has 1 amide bonds. The van der Waals surface area contributed by atoms with Crippen molar-refractivity contribution in [2.24, 2.45) is 0 Å². The van der Waals surface area contributed by atoms with Crippen molar-refractivity contribution in [3.05, 3.63) is 63.1 Å². The third kappa shape index (κ3) is 4.50. The van der Waals surface area contributed by atoms with E-state index in [1.165, 1.54) is 24.1 Å². The molecule has 0 atom stereocenters. The van der Waals surface area contributed by atoms with Gasteiger partial charge in [-0.05, 0) is 50.3 Å². The average Bonchev–Trinajstić information content (AvgIpc) is 2.72. The molecule has 1 aliphatic rings. The van der Waals surface area contributed by atoms with E-state index in [-0.39, 0.29) is 17.9 Å². The number of aromatic nitrogens is 4. The normalized spacial score (nSPS) is 13.3. The Morgan fingerprint density at radius 1 is 1.10 bits per heavy atom. The molecule has 2 aromatic heterocycles. The molecule has 7 heteroatoms. The van der Waals surface area contributed by atoms with Crippen LogP contribution in [0.1, 0.15) is 47.7 Å². The fraction of sp³-hybridized carbons (Fsp3) is 0.409. The standard InChI is InChI=1S/C22H25N5O2/c1-14-15-6-2-3-7-16(15)26-20(24-14)12-13-23-21(28)11-10-19-22(29)27-18-9-5-4-8-17(18)25-19/h4-5,8-9H,2-3,6-7,10-13H2,1H3,(H,23,28)(H,27,29). The van der Waals surface area contributed by atoms with Crippen LogP contribution in [-0.4, -0.2) is 32.4 Å². The van der Waals surface area contributed by atoms with Crippen molar-refractivity contribution < 1.29 is 4.79 Å². The highest BCUT2D eigenvalue weighted by molar-refractivity contribution is 5.76. The van der Waals surface area contributed by atoms with Crippen LogP contribution in [0.2, 0.25) is 0 Å². The van der Waals surface area contributed by atoms with Crippen LogP contribution in [0, 0.1) is 6.92 Å². The summed E-state index contributed by atoms with van der Waals surface area (Å²) in [6, 6.07) is 7.37. The number of amides is 1. The summed E-state index contributed by atoms with van der Waals surface area (Å²) >= 11 is 0. The molecule has 7 nitrogen and oxygen atoms in total. The van der Waals surface area contributed by atoms with Crippen LogP contribution in [0.5, 0.6) is 0 Å². The highest BCUT2D eigenvalue weighted by Gasteiger charge is 2.15. The van der Waals surface area contributed by atoms with Gasteiger partial charge in [-0.2, -0.15) is 0 Å². The maximum atomic E-state index is 12.2. The Bertz CT molecular complexity index is 1110. The zero-order valence-electron chi connectivity index (χ0n) is 16.6. The van der Waals surface area contributed by atoms with Gasteiger partial charge >= 0.3 is 0 Å². The number of carbonyl (C=O) groups excluding carboxylic acids is 1. The smallest absolute Gasteiger partial charge is 0.270 e. The van der Waals surface area contributed by atoms with Gasteiger partial charge in [0, 0.05) is 37.2 Å². The molecule has 0 bridgehead atoms. The average molecular weight is 391 g/mol. The Balaban J connectivity index is 1.30. The number of para-hydroxylation sites is 2. The van der Waals surface area contributed by atoms with Crippen molar-refractivity contribution >= 4 is 16.9 Å². The molecule has 29 heavy (non-hydrogen) atoms. The summed E-state index contributed by atoms with van der Waals surface area (Å²) in [6.45, 7) is 2.53. The van der Waals surface area contributed by atoms with Crippen molar-refractivity contribution in [3.63, 3.8) is 0 Å². The lowest BCUT2D eigenvalue weighted by Gasteiger charge is -2.17. The minimum absolute atomic E-state index is 0.103. The highest BCUT2D eigenvalue weighted by atomic mass is 16.1. The number of nitrogens with zero attached hydrogens (tertiary/aromatic N) is 3. The van der Waals surface area contributed by atoms with E-state index >= 15 is 0 Å². The van der Waals surface area contributed by atoms with E-state index < -0.39 is 0 Å². The quantitative estimate of drug-likeness (QED) is 0.671. The largest absolute Gasteiger partial charge is 0.356 e. The van der Waals surface area contributed by atoms with Gasteiger partial charge in [-0.25, -0.2) is 15.0 Å².